The molecule has 1 aliphatic rings. The number of hydrogen-bond acceptors (Lipinski definition) is 4. The minimum Gasteiger partial charge on any atom is -0.389 e. The molecule has 19 heavy (non-hydrogen) atoms. The predicted octanol–water partition coefficient (Wildman–Crippen LogP) is 0.117. The van der Waals surface area contributed by atoms with Crippen LogP contribution in [0.25, 0.3) is 0 Å². The fourth-order valence-corrected chi connectivity index (χ4v) is 2.60. The number of nitrogens with zero attached hydrogens (tertiary/aromatic N) is 2. The van der Waals surface area contributed by atoms with E-state index in [1.807, 2.05) is 6.07 Å². The molecule has 1 aromatic rings. The first kappa shape index (κ1) is 14.2. The van der Waals surface area contributed by atoms with Crippen LogP contribution < -0.4 is 11.3 Å². The lowest BCUT2D eigenvalue weighted by atomic mass is 10.0. The number of pyridine rings is 1. The van der Waals surface area contributed by atoms with Gasteiger partial charge >= 0.3 is 0 Å². The van der Waals surface area contributed by atoms with Crippen molar-refractivity contribution in [3.63, 3.8) is 0 Å². The molecule has 0 spiro atoms. The molecule has 1 aromatic heterocycles. The van der Waals surface area contributed by atoms with Crippen molar-refractivity contribution in [2.45, 2.75) is 19.5 Å². The number of thiocarbonyl (C=S) groups is 1. The summed E-state index contributed by atoms with van der Waals surface area (Å²) in [6, 6.07) is 1.85. The van der Waals surface area contributed by atoms with Crippen LogP contribution in [0.2, 0.25) is 0 Å². The van der Waals surface area contributed by atoms with Crippen molar-refractivity contribution in [2.24, 2.45) is 5.73 Å². The molecule has 0 aliphatic carbocycles. The molecule has 2 rings (SSSR count). The number of hydrogen-bond donors (Lipinski definition) is 1. The lowest BCUT2D eigenvalue weighted by Crippen LogP contribution is -2.37. The SMILES string of the molecule is COCCn1c2c(cc(C(N)=S)c1=O)CN(C)CC2. The highest BCUT2D eigenvalue weighted by Crippen LogP contribution is 2.17. The lowest BCUT2D eigenvalue weighted by Gasteiger charge is -2.28. The third kappa shape index (κ3) is 2.86. The molecule has 2 heterocycles. The molecule has 0 saturated heterocycles. The molecule has 0 unspecified atom stereocenters. The average molecular weight is 281 g/mol. The summed E-state index contributed by atoms with van der Waals surface area (Å²) in [4.78, 5) is 14.8. The van der Waals surface area contributed by atoms with Crippen LogP contribution in [0.3, 0.4) is 0 Å². The van der Waals surface area contributed by atoms with E-state index in [9.17, 15) is 4.79 Å². The maximum absolute atomic E-state index is 12.4. The number of rotatable bonds is 4. The van der Waals surface area contributed by atoms with Crippen LogP contribution in [0.15, 0.2) is 10.9 Å². The molecule has 0 amide bonds. The molecule has 0 bridgehead atoms. The first-order valence-electron chi connectivity index (χ1n) is 6.27. The zero-order chi connectivity index (χ0) is 14.0. The van der Waals surface area contributed by atoms with Gasteiger partial charge in [-0.25, -0.2) is 0 Å². The van der Waals surface area contributed by atoms with E-state index in [4.69, 9.17) is 22.7 Å². The number of fused-ring (bicyclic) bond motifs is 1. The summed E-state index contributed by atoms with van der Waals surface area (Å²) < 4.78 is 6.84. The van der Waals surface area contributed by atoms with Gasteiger partial charge in [-0.3, -0.25) is 4.79 Å². The van der Waals surface area contributed by atoms with Gasteiger partial charge in [0.2, 0.25) is 0 Å². The Labute approximate surface area is 118 Å². The lowest BCUT2D eigenvalue weighted by molar-refractivity contribution is 0.184. The van der Waals surface area contributed by atoms with Crippen LogP contribution in [-0.4, -0.2) is 41.8 Å². The first-order valence-corrected chi connectivity index (χ1v) is 6.68. The van der Waals surface area contributed by atoms with Crippen LogP contribution in [0.4, 0.5) is 0 Å². The highest BCUT2D eigenvalue weighted by molar-refractivity contribution is 7.80. The van der Waals surface area contributed by atoms with Gasteiger partial charge in [0, 0.05) is 38.9 Å². The van der Waals surface area contributed by atoms with Gasteiger partial charge in [-0.05, 0) is 18.7 Å². The Kier molecular flexibility index (Phi) is 4.34. The van der Waals surface area contributed by atoms with E-state index >= 15 is 0 Å². The van der Waals surface area contributed by atoms with E-state index < -0.39 is 0 Å². The molecule has 0 saturated carbocycles. The molecule has 6 heteroatoms. The van der Waals surface area contributed by atoms with Crippen molar-refractivity contribution in [2.75, 3.05) is 27.3 Å². The molecule has 0 radical (unpaired) electrons. The zero-order valence-corrected chi connectivity index (χ0v) is 12.1. The second-order valence-electron chi connectivity index (χ2n) is 4.83. The molecule has 0 atom stereocenters. The van der Waals surface area contributed by atoms with Crippen molar-refractivity contribution in [1.82, 2.24) is 9.47 Å². The normalized spacial score (nSPS) is 15.3. The third-order valence-electron chi connectivity index (χ3n) is 3.45. The quantitative estimate of drug-likeness (QED) is 0.794. The Hall–Kier alpha value is -1.24. The van der Waals surface area contributed by atoms with Gasteiger partial charge in [-0.2, -0.15) is 0 Å². The maximum atomic E-state index is 12.4. The first-order chi connectivity index (χ1) is 9.04. The third-order valence-corrected chi connectivity index (χ3v) is 3.67. The molecule has 2 N–H and O–H groups in total. The predicted molar refractivity (Wildman–Crippen MR) is 78.5 cm³/mol. The Bertz CT molecular complexity index is 554. The maximum Gasteiger partial charge on any atom is 0.261 e. The van der Waals surface area contributed by atoms with Gasteiger partial charge in [0.25, 0.3) is 5.56 Å². The van der Waals surface area contributed by atoms with Crippen molar-refractivity contribution >= 4 is 17.2 Å². The summed E-state index contributed by atoms with van der Waals surface area (Å²) in [7, 11) is 3.69. The monoisotopic (exact) mass is 281 g/mol. The standard InChI is InChI=1S/C13H19N3O2S/c1-15-4-3-11-9(8-15)7-10(12(14)19)13(17)16(11)5-6-18-2/h7H,3-6,8H2,1-2H3,(H2,14,19). The summed E-state index contributed by atoms with van der Waals surface area (Å²) >= 11 is 4.98. The Balaban J connectivity index is 2.55. The molecule has 0 aromatic carbocycles. The second kappa shape index (κ2) is 5.81. The second-order valence-corrected chi connectivity index (χ2v) is 5.27. The molecule has 1 aliphatic heterocycles. The largest absolute Gasteiger partial charge is 0.389 e. The molecule has 0 fully saturated rings. The molecule has 104 valence electrons. The number of ether oxygens (including phenoxy) is 1. The van der Waals surface area contributed by atoms with Crippen LogP contribution >= 0.6 is 12.2 Å². The van der Waals surface area contributed by atoms with Gasteiger partial charge in [0.1, 0.15) is 4.99 Å². The smallest absolute Gasteiger partial charge is 0.261 e. The fraction of sp³-hybridized carbons (Fsp3) is 0.538. The van der Waals surface area contributed by atoms with Gasteiger partial charge in [0.15, 0.2) is 0 Å². The van der Waals surface area contributed by atoms with Crippen LogP contribution in [0.1, 0.15) is 16.8 Å². The van der Waals surface area contributed by atoms with Crippen LogP contribution in [0, 0.1) is 0 Å². The summed E-state index contributed by atoms with van der Waals surface area (Å²) in [6.07, 6.45) is 0.863. The average Bonchev–Trinajstić information content (AvgIpc) is 2.37. The van der Waals surface area contributed by atoms with E-state index in [0.717, 1.165) is 30.8 Å². The Morgan fingerprint density at radius 2 is 2.32 bits per heavy atom. The summed E-state index contributed by atoms with van der Waals surface area (Å²) in [6.45, 7) is 2.81. The van der Waals surface area contributed by atoms with Crippen molar-refractivity contribution in [3.8, 4) is 0 Å². The van der Waals surface area contributed by atoms with Crippen LogP contribution in [0.5, 0.6) is 0 Å². The zero-order valence-electron chi connectivity index (χ0n) is 11.3. The highest BCUT2D eigenvalue weighted by Gasteiger charge is 2.20. The van der Waals surface area contributed by atoms with Gasteiger partial charge in [-0.1, -0.05) is 12.2 Å². The van der Waals surface area contributed by atoms with Crippen molar-refractivity contribution < 1.29 is 4.74 Å². The molecular weight excluding hydrogens is 262 g/mol. The van der Waals surface area contributed by atoms with Gasteiger partial charge in [-0.15, -0.1) is 0 Å². The summed E-state index contributed by atoms with van der Waals surface area (Å²) in [5, 5.41) is 0. The highest BCUT2D eigenvalue weighted by atomic mass is 32.1. The fourth-order valence-electron chi connectivity index (χ4n) is 2.46. The van der Waals surface area contributed by atoms with Gasteiger partial charge in [0.05, 0.1) is 12.2 Å². The molecule has 5 nitrogen and oxygen atoms in total. The summed E-state index contributed by atoms with van der Waals surface area (Å²) in [5.41, 5.74) is 8.20. The van der Waals surface area contributed by atoms with Crippen molar-refractivity contribution in [1.29, 1.82) is 0 Å². The van der Waals surface area contributed by atoms with E-state index in [-0.39, 0.29) is 10.5 Å². The van der Waals surface area contributed by atoms with E-state index in [1.54, 1.807) is 11.7 Å². The Morgan fingerprint density at radius 3 is 2.95 bits per heavy atom. The van der Waals surface area contributed by atoms with Crippen molar-refractivity contribution in [3.05, 3.63) is 33.2 Å². The number of aromatic nitrogens is 1. The van der Waals surface area contributed by atoms with E-state index in [2.05, 4.69) is 11.9 Å². The number of nitrogens with two attached hydrogens (primary N) is 1. The van der Waals surface area contributed by atoms with Crippen LogP contribution in [-0.2, 0) is 24.2 Å². The van der Waals surface area contributed by atoms with E-state index in [0.29, 0.717) is 18.7 Å². The Morgan fingerprint density at radius 1 is 1.58 bits per heavy atom. The number of likely N-dealkylation sites (N-methyl/N-ethyl adjacent to an activating group) is 1. The molecular formula is C13H19N3O2S. The minimum absolute atomic E-state index is 0.104. The number of methoxy groups -OCH3 is 1. The van der Waals surface area contributed by atoms with Gasteiger partial charge < -0.3 is 19.9 Å². The topological polar surface area (TPSA) is 60.5 Å². The summed E-state index contributed by atoms with van der Waals surface area (Å²) in [5.74, 6) is 0. The minimum atomic E-state index is -0.104. The van der Waals surface area contributed by atoms with E-state index in [1.165, 1.54) is 0 Å².